The van der Waals surface area contributed by atoms with Gasteiger partial charge in [-0.3, -0.25) is 4.79 Å². The lowest BCUT2D eigenvalue weighted by molar-refractivity contribution is -0.132. The molecule has 0 aromatic rings. The van der Waals surface area contributed by atoms with Gasteiger partial charge >= 0.3 is 0 Å². The van der Waals surface area contributed by atoms with E-state index >= 15 is 0 Å². The molecule has 106 valence electrons. The summed E-state index contributed by atoms with van der Waals surface area (Å²) in [6.45, 7) is 8.28. The van der Waals surface area contributed by atoms with Gasteiger partial charge in [-0.25, -0.2) is 0 Å². The summed E-state index contributed by atoms with van der Waals surface area (Å²) >= 11 is 19.3. The van der Waals surface area contributed by atoms with Crippen LogP contribution in [0.4, 0.5) is 0 Å². The molecule has 0 N–H and O–H groups in total. The Morgan fingerprint density at radius 3 is 2.37 bits per heavy atom. The van der Waals surface area contributed by atoms with Crippen LogP contribution in [-0.4, -0.2) is 32.6 Å². The molecule has 1 unspecified atom stereocenters. The topological polar surface area (TPSA) is 20.3 Å². The second-order valence-corrected chi connectivity index (χ2v) is 8.12. The highest BCUT2D eigenvalue weighted by atomic mass is 35.5. The predicted molar refractivity (Wildman–Crippen MR) is 80.9 cm³/mol. The summed E-state index contributed by atoms with van der Waals surface area (Å²) in [7, 11) is 0. The summed E-state index contributed by atoms with van der Waals surface area (Å²) in [5, 5.41) is -0.399. The number of halogens is 3. The standard InChI is InChI=1S/C14H18Cl3NO/c1-9-5-6-13(10(15)7-9)8-18(12(2,3)4)11(19)14(13,16)17/h5-7,10H,8H2,1-4H3/t10-,13?/m1/s1. The van der Waals surface area contributed by atoms with E-state index in [9.17, 15) is 4.79 Å². The number of amides is 1. The van der Waals surface area contributed by atoms with E-state index in [1.165, 1.54) is 0 Å². The number of likely N-dealkylation sites (tertiary alicyclic amines) is 1. The number of hydrogen-bond donors (Lipinski definition) is 0. The van der Waals surface area contributed by atoms with Gasteiger partial charge < -0.3 is 4.90 Å². The molecule has 2 aliphatic rings. The minimum atomic E-state index is -1.53. The van der Waals surface area contributed by atoms with Crippen molar-refractivity contribution in [3.05, 3.63) is 23.8 Å². The number of rotatable bonds is 0. The van der Waals surface area contributed by atoms with Crippen LogP contribution in [0, 0.1) is 5.41 Å². The maximum absolute atomic E-state index is 12.5. The molecule has 0 saturated carbocycles. The van der Waals surface area contributed by atoms with Crippen LogP contribution in [0.2, 0.25) is 0 Å². The zero-order valence-corrected chi connectivity index (χ0v) is 13.8. The van der Waals surface area contributed by atoms with Crippen LogP contribution in [0.1, 0.15) is 27.7 Å². The lowest BCUT2D eigenvalue weighted by Gasteiger charge is -2.38. The van der Waals surface area contributed by atoms with Gasteiger partial charge in [0.1, 0.15) is 0 Å². The first-order valence-corrected chi connectivity index (χ1v) is 7.43. The first-order chi connectivity index (χ1) is 8.52. The highest BCUT2D eigenvalue weighted by molar-refractivity contribution is 6.59. The molecule has 2 rings (SSSR count). The first kappa shape index (κ1) is 15.2. The molecule has 2 atom stereocenters. The van der Waals surface area contributed by atoms with Gasteiger partial charge in [-0.2, -0.15) is 0 Å². The Morgan fingerprint density at radius 1 is 1.37 bits per heavy atom. The Morgan fingerprint density at radius 2 is 1.95 bits per heavy atom. The quantitative estimate of drug-likeness (QED) is 0.619. The van der Waals surface area contributed by atoms with Gasteiger partial charge in [-0.05, 0) is 27.7 Å². The molecule has 5 heteroatoms. The summed E-state index contributed by atoms with van der Waals surface area (Å²) in [6, 6.07) is 0. The highest BCUT2D eigenvalue weighted by Gasteiger charge is 2.65. The molecule has 1 aliphatic carbocycles. The van der Waals surface area contributed by atoms with Crippen LogP contribution in [0.15, 0.2) is 23.8 Å². The van der Waals surface area contributed by atoms with E-state index < -0.39 is 15.1 Å². The Bertz CT molecular complexity index is 476. The maximum Gasteiger partial charge on any atom is 0.260 e. The van der Waals surface area contributed by atoms with Crippen LogP contribution in [-0.2, 0) is 4.79 Å². The van der Waals surface area contributed by atoms with Crippen molar-refractivity contribution in [2.45, 2.75) is 42.9 Å². The fourth-order valence-electron chi connectivity index (χ4n) is 2.57. The molecular weight excluding hydrogens is 305 g/mol. The van der Waals surface area contributed by atoms with E-state index in [2.05, 4.69) is 0 Å². The second-order valence-electron chi connectivity index (χ2n) is 6.32. The van der Waals surface area contributed by atoms with E-state index in [1.54, 1.807) is 4.90 Å². The number of nitrogens with zero attached hydrogens (tertiary/aromatic N) is 1. The third-order valence-corrected chi connectivity index (χ3v) is 5.42. The van der Waals surface area contributed by atoms with Gasteiger partial charge in [-0.15, -0.1) is 11.6 Å². The molecule has 0 radical (unpaired) electrons. The molecule has 2 nitrogen and oxygen atoms in total. The van der Waals surface area contributed by atoms with E-state index in [0.29, 0.717) is 6.54 Å². The molecule has 0 aromatic heterocycles. The molecule has 0 aromatic carbocycles. The number of hydrogen-bond acceptors (Lipinski definition) is 1. The molecule has 1 heterocycles. The highest BCUT2D eigenvalue weighted by Crippen LogP contribution is 2.56. The van der Waals surface area contributed by atoms with Gasteiger partial charge in [-0.1, -0.05) is 47.0 Å². The van der Waals surface area contributed by atoms with Crippen LogP contribution in [0.25, 0.3) is 0 Å². The number of allylic oxidation sites excluding steroid dienone is 3. The Kier molecular flexibility index (Phi) is 3.53. The molecule has 19 heavy (non-hydrogen) atoms. The molecule has 1 fully saturated rings. The van der Waals surface area contributed by atoms with Crippen LogP contribution >= 0.6 is 34.8 Å². The third kappa shape index (κ3) is 2.12. The molecule has 1 spiro atoms. The van der Waals surface area contributed by atoms with E-state index in [4.69, 9.17) is 34.8 Å². The van der Waals surface area contributed by atoms with Crippen LogP contribution in [0.5, 0.6) is 0 Å². The van der Waals surface area contributed by atoms with Crippen molar-refractivity contribution >= 4 is 40.7 Å². The van der Waals surface area contributed by atoms with Gasteiger partial charge in [0.15, 0.2) is 0 Å². The predicted octanol–water partition coefficient (Wildman–Crippen LogP) is 3.91. The van der Waals surface area contributed by atoms with E-state index in [1.807, 2.05) is 45.9 Å². The Balaban J connectivity index is 2.49. The first-order valence-electron chi connectivity index (χ1n) is 6.24. The van der Waals surface area contributed by atoms with Crippen molar-refractivity contribution in [1.29, 1.82) is 0 Å². The van der Waals surface area contributed by atoms with Crippen LogP contribution in [0.3, 0.4) is 0 Å². The summed E-state index contributed by atoms with van der Waals surface area (Å²) in [6.07, 6.45) is 5.72. The molecule has 1 amide bonds. The smallest absolute Gasteiger partial charge is 0.260 e. The lowest BCUT2D eigenvalue weighted by atomic mass is 9.78. The monoisotopic (exact) mass is 321 g/mol. The minimum absolute atomic E-state index is 0.272. The summed E-state index contributed by atoms with van der Waals surface area (Å²) in [4.78, 5) is 14.2. The van der Waals surface area contributed by atoms with Gasteiger partial charge in [0.05, 0.1) is 10.8 Å². The lowest BCUT2D eigenvalue weighted by Crippen LogP contribution is -2.46. The average molecular weight is 323 g/mol. The van der Waals surface area contributed by atoms with Crippen molar-refractivity contribution < 1.29 is 4.79 Å². The van der Waals surface area contributed by atoms with E-state index in [0.717, 1.165) is 5.57 Å². The van der Waals surface area contributed by atoms with Crippen LogP contribution < -0.4 is 0 Å². The maximum atomic E-state index is 12.5. The van der Waals surface area contributed by atoms with Gasteiger partial charge in [0.2, 0.25) is 4.33 Å². The minimum Gasteiger partial charge on any atom is -0.334 e. The fourth-order valence-corrected chi connectivity index (χ4v) is 3.87. The molecular formula is C14H18Cl3NO. The van der Waals surface area contributed by atoms with Crippen molar-refractivity contribution in [3.8, 4) is 0 Å². The largest absolute Gasteiger partial charge is 0.334 e. The number of carbonyl (C=O) groups is 1. The van der Waals surface area contributed by atoms with Gasteiger partial charge in [0.25, 0.3) is 5.91 Å². The fraction of sp³-hybridized carbons (Fsp3) is 0.643. The Labute approximate surface area is 129 Å². The summed E-state index contributed by atoms with van der Waals surface area (Å²) in [5.41, 5.74) is -0.0610. The zero-order chi connectivity index (χ0) is 14.6. The SMILES string of the molecule is CC1=C[C@@H](Cl)C2(C=C1)CN(C(C)(C)C)C(=O)C2(Cl)Cl. The van der Waals surface area contributed by atoms with Crippen molar-refractivity contribution in [3.63, 3.8) is 0 Å². The van der Waals surface area contributed by atoms with Crippen molar-refractivity contribution in [2.75, 3.05) is 6.54 Å². The summed E-state index contributed by atoms with van der Waals surface area (Å²) in [5.74, 6) is -0.272. The van der Waals surface area contributed by atoms with Crippen molar-refractivity contribution in [2.24, 2.45) is 5.41 Å². The molecule has 1 aliphatic heterocycles. The molecule has 1 saturated heterocycles. The second kappa shape index (κ2) is 4.41. The summed E-state index contributed by atoms with van der Waals surface area (Å²) < 4.78 is -1.53. The van der Waals surface area contributed by atoms with Gasteiger partial charge in [0, 0.05) is 12.1 Å². The van der Waals surface area contributed by atoms with Crippen molar-refractivity contribution in [1.82, 2.24) is 4.90 Å². The van der Waals surface area contributed by atoms with E-state index in [-0.39, 0.29) is 11.4 Å². The Hall–Kier alpha value is -0.180. The normalized spacial score (nSPS) is 34.1. The number of alkyl halides is 3. The average Bonchev–Trinajstić information content (AvgIpc) is 2.45. The molecule has 0 bridgehead atoms. The third-order valence-electron chi connectivity index (χ3n) is 3.87. The zero-order valence-electron chi connectivity index (χ0n) is 11.5. The number of carbonyl (C=O) groups excluding carboxylic acids is 1.